The van der Waals surface area contributed by atoms with Crippen LogP contribution in [0.5, 0.6) is 0 Å². The first-order valence-corrected chi connectivity index (χ1v) is 4.50. The third-order valence-corrected chi connectivity index (χ3v) is 2.10. The Labute approximate surface area is 81.7 Å². The fraction of sp³-hybridized carbons (Fsp3) is 0.333. The SMILES string of the molecule is Nc1cccc(NC2CNC(=O)C2)n1. The molecule has 5 heteroatoms. The number of aromatic nitrogens is 1. The van der Waals surface area contributed by atoms with Gasteiger partial charge in [-0.3, -0.25) is 4.79 Å². The molecule has 0 radical (unpaired) electrons. The van der Waals surface area contributed by atoms with Crippen LogP contribution in [0.15, 0.2) is 18.2 Å². The first-order valence-electron chi connectivity index (χ1n) is 4.50. The van der Waals surface area contributed by atoms with E-state index in [9.17, 15) is 4.79 Å². The van der Waals surface area contributed by atoms with Crippen LogP contribution in [0.3, 0.4) is 0 Å². The van der Waals surface area contributed by atoms with Crippen molar-refractivity contribution in [2.24, 2.45) is 0 Å². The van der Waals surface area contributed by atoms with Crippen LogP contribution < -0.4 is 16.4 Å². The van der Waals surface area contributed by atoms with E-state index in [4.69, 9.17) is 5.73 Å². The summed E-state index contributed by atoms with van der Waals surface area (Å²) >= 11 is 0. The minimum absolute atomic E-state index is 0.0754. The second-order valence-electron chi connectivity index (χ2n) is 3.30. The molecule has 1 aliphatic rings. The van der Waals surface area contributed by atoms with Gasteiger partial charge in [0.2, 0.25) is 5.91 Å². The molecule has 74 valence electrons. The van der Waals surface area contributed by atoms with Gasteiger partial charge in [-0.05, 0) is 12.1 Å². The molecule has 1 fully saturated rings. The lowest BCUT2D eigenvalue weighted by Gasteiger charge is -2.10. The summed E-state index contributed by atoms with van der Waals surface area (Å²) in [7, 11) is 0. The van der Waals surface area contributed by atoms with Crippen LogP contribution in [0.2, 0.25) is 0 Å². The number of carbonyl (C=O) groups excluding carboxylic acids is 1. The van der Waals surface area contributed by atoms with E-state index in [0.29, 0.717) is 24.6 Å². The first kappa shape index (κ1) is 8.80. The molecular weight excluding hydrogens is 180 g/mol. The van der Waals surface area contributed by atoms with Gasteiger partial charge < -0.3 is 16.4 Å². The van der Waals surface area contributed by atoms with Crippen molar-refractivity contribution in [3.8, 4) is 0 Å². The fourth-order valence-corrected chi connectivity index (χ4v) is 1.45. The third kappa shape index (κ3) is 1.93. The molecule has 0 aliphatic carbocycles. The van der Waals surface area contributed by atoms with Gasteiger partial charge in [0.25, 0.3) is 0 Å². The molecule has 0 saturated carbocycles. The zero-order valence-electron chi connectivity index (χ0n) is 7.66. The maximum absolute atomic E-state index is 10.9. The molecule has 1 aromatic heterocycles. The predicted octanol–water partition coefficient (Wildman–Crippen LogP) is -0.0358. The summed E-state index contributed by atoms with van der Waals surface area (Å²) in [5.74, 6) is 1.27. The van der Waals surface area contributed by atoms with Crippen molar-refractivity contribution in [3.63, 3.8) is 0 Å². The molecule has 14 heavy (non-hydrogen) atoms. The topological polar surface area (TPSA) is 80.0 Å². The fourth-order valence-electron chi connectivity index (χ4n) is 1.45. The van der Waals surface area contributed by atoms with Crippen LogP contribution in [-0.4, -0.2) is 23.5 Å². The van der Waals surface area contributed by atoms with Gasteiger partial charge >= 0.3 is 0 Å². The van der Waals surface area contributed by atoms with Crippen LogP contribution in [0.25, 0.3) is 0 Å². The van der Waals surface area contributed by atoms with Crippen molar-refractivity contribution in [3.05, 3.63) is 18.2 Å². The molecule has 1 atom stereocenters. The number of nitrogen functional groups attached to an aromatic ring is 1. The number of hydrogen-bond acceptors (Lipinski definition) is 4. The Hall–Kier alpha value is -1.78. The Morgan fingerprint density at radius 3 is 3.07 bits per heavy atom. The molecule has 5 nitrogen and oxygen atoms in total. The summed E-state index contributed by atoms with van der Waals surface area (Å²) in [5.41, 5.74) is 5.53. The molecule has 1 aromatic rings. The molecule has 1 amide bonds. The van der Waals surface area contributed by atoms with Crippen molar-refractivity contribution in [1.29, 1.82) is 0 Å². The van der Waals surface area contributed by atoms with Crippen molar-refractivity contribution in [2.45, 2.75) is 12.5 Å². The molecule has 2 heterocycles. The zero-order valence-corrected chi connectivity index (χ0v) is 7.66. The highest BCUT2D eigenvalue weighted by molar-refractivity contribution is 5.79. The Balaban J connectivity index is 2.00. The normalized spacial score (nSPS) is 20.6. The van der Waals surface area contributed by atoms with Crippen LogP contribution in [0.1, 0.15) is 6.42 Å². The van der Waals surface area contributed by atoms with Gasteiger partial charge in [0, 0.05) is 13.0 Å². The van der Waals surface area contributed by atoms with Gasteiger partial charge in [-0.1, -0.05) is 6.07 Å². The summed E-state index contributed by atoms with van der Waals surface area (Å²) < 4.78 is 0. The Morgan fingerprint density at radius 2 is 2.43 bits per heavy atom. The van der Waals surface area contributed by atoms with E-state index in [1.54, 1.807) is 6.07 Å². The number of nitrogens with zero attached hydrogens (tertiary/aromatic N) is 1. The predicted molar refractivity (Wildman–Crippen MR) is 53.7 cm³/mol. The monoisotopic (exact) mass is 192 g/mol. The van der Waals surface area contributed by atoms with E-state index >= 15 is 0 Å². The quantitative estimate of drug-likeness (QED) is 0.614. The number of nitrogens with two attached hydrogens (primary N) is 1. The largest absolute Gasteiger partial charge is 0.384 e. The smallest absolute Gasteiger partial charge is 0.222 e. The highest BCUT2D eigenvalue weighted by Crippen LogP contribution is 2.10. The second-order valence-corrected chi connectivity index (χ2v) is 3.30. The zero-order chi connectivity index (χ0) is 9.97. The third-order valence-electron chi connectivity index (χ3n) is 2.10. The van der Waals surface area contributed by atoms with E-state index in [1.807, 2.05) is 12.1 Å². The number of pyridine rings is 1. The molecular formula is C9H12N4O. The van der Waals surface area contributed by atoms with Crippen molar-refractivity contribution >= 4 is 17.5 Å². The number of carbonyl (C=O) groups is 1. The summed E-state index contributed by atoms with van der Waals surface area (Å²) in [6.07, 6.45) is 0.497. The minimum Gasteiger partial charge on any atom is -0.384 e. The maximum atomic E-state index is 10.9. The lowest BCUT2D eigenvalue weighted by Crippen LogP contribution is -2.22. The molecule has 2 rings (SSSR count). The van der Waals surface area contributed by atoms with Crippen LogP contribution in [0.4, 0.5) is 11.6 Å². The first-order chi connectivity index (χ1) is 6.74. The standard InChI is InChI=1S/C9H12N4O/c10-7-2-1-3-8(13-7)12-6-4-9(14)11-5-6/h1-3,6H,4-5H2,(H,11,14)(H3,10,12,13). The molecule has 4 N–H and O–H groups in total. The van der Waals surface area contributed by atoms with Gasteiger partial charge in [0.15, 0.2) is 0 Å². The Bertz CT molecular complexity index is 352. The Kier molecular flexibility index (Phi) is 2.22. The number of amides is 1. The lowest BCUT2D eigenvalue weighted by molar-refractivity contribution is -0.119. The average Bonchev–Trinajstić information content (AvgIpc) is 2.51. The van der Waals surface area contributed by atoms with E-state index in [0.717, 1.165) is 0 Å². The van der Waals surface area contributed by atoms with Gasteiger partial charge in [-0.25, -0.2) is 4.98 Å². The second kappa shape index (κ2) is 3.53. The Morgan fingerprint density at radius 1 is 1.57 bits per heavy atom. The van der Waals surface area contributed by atoms with E-state index in [1.165, 1.54) is 0 Å². The molecule has 0 bridgehead atoms. The lowest BCUT2D eigenvalue weighted by atomic mass is 10.2. The summed E-state index contributed by atoms with van der Waals surface area (Å²) in [5, 5.41) is 5.88. The van der Waals surface area contributed by atoms with Gasteiger partial charge in [-0.2, -0.15) is 0 Å². The summed E-state index contributed by atoms with van der Waals surface area (Å²) in [4.78, 5) is 15.0. The number of nitrogens with one attached hydrogen (secondary N) is 2. The van der Waals surface area contributed by atoms with Crippen molar-refractivity contribution < 1.29 is 4.79 Å². The summed E-state index contributed by atoms with van der Waals surface area (Å²) in [6, 6.07) is 5.51. The molecule has 1 aliphatic heterocycles. The van der Waals surface area contributed by atoms with Crippen LogP contribution >= 0.6 is 0 Å². The highest BCUT2D eigenvalue weighted by atomic mass is 16.1. The van der Waals surface area contributed by atoms with Gasteiger partial charge in [0.05, 0.1) is 6.04 Å². The molecule has 0 spiro atoms. The summed E-state index contributed by atoms with van der Waals surface area (Å²) in [6.45, 7) is 0.648. The maximum Gasteiger partial charge on any atom is 0.222 e. The molecule has 0 aromatic carbocycles. The average molecular weight is 192 g/mol. The number of anilines is 2. The van der Waals surface area contributed by atoms with Crippen LogP contribution in [-0.2, 0) is 4.79 Å². The highest BCUT2D eigenvalue weighted by Gasteiger charge is 2.21. The molecule has 1 unspecified atom stereocenters. The number of hydrogen-bond donors (Lipinski definition) is 3. The molecule has 1 saturated heterocycles. The van der Waals surface area contributed by atoms with Gasteiger partial charge in [0.1, 0.15) is 11.6 Å². The van der Waals surface area contributed by atoms with Crippen molar-refractivity contribution in [1.82, 2.24) is 10.3 Å². The van der Waals surface area contributed by atoms with Crippen molar-refractivity contribution in [2.75, 3.05) is 17.6 Å². The minimum atomic E-state index is 0.0754. The van der Waals surface area contributed by atoms with E-state index in [-0.39, 0.29) is 11.9 Å². The van der Waals surface area contributed by atoms with E-state index in [2.05, 4.69) is 15.6 Å². The number of rotatable bonds is 2. The van der Waals surface area contributed by atoms with Crippen LogP contribution in [0, 0.1) is 0 Å². The van der Waals surface area contributed by atoms with E-state index < -0.39 is 0 Å². The van der Waals surface area contributed by atoms with Gasteiger partial charge in [-0.15, -0.1) is 0 Å².